The quantitative estimate of drug-likeness (QED) is 0.721. The molecule has 2 N–H and O–H groups in total. The van der Waals surface area contributed by atoms with Crippen molar-refractivity contribution >= 4 is 23.3 Å². The molecule has 0 aromatic carbocycles. The predicted molar refractivity (Wildman–Crippen MR) is 60.8 cm³/mol. The van der Waals surface area contributed by atoms with E-state index in [9.17, 15) is 14.7 Å². The van der Waals surface area contributed by atoms with Crippen molar-refractivity contribution in [3.63, 3.8) is 0 Å². The summed E-state index contributed by atoms with van der Waals surface area (Å²) in [6.07, 6.45) is 3.77. The summed E-state index contributed by atoms with van der Waals surface area (Å²) in [4.78, 5) is 21.7. The second kappa shape index (κ2) is 4.78. The Morgan fingerprint density at radius 2 is 2.22 bits per heavy atom. The Morgan fingerprint density at radius 1 is 1.44 bits per heavy atom. The third kappa shape index (κ3) is 2.42. The van der Waals surface area contributed by atoms with Gasteiger partial charge in [-0.2, -0.15) is 5.10 Å². The van der Waals surface area contributed by atoms with Crippen LogP contribution in [0.15, 0.2) is 18.6 Å². The third-order valence-electron chi connectivity index (χ3n) is 2.43. The first-order valence-electron chi connectivity index (χ1n) is 5.31. The lowest BCUT2D eigenvalue weighted by Crippen LogP contribution is -2.38. The van der Waals surface area contributed by atoms with Crippen LogP contribution in [0.5, 0.6) is 0 Å². The fourth-order valence-corrected chi connectivity index (χ4v) is 1.63. The zero-order valence-corrected chi connectivity index (χ0v) is 9.71. The normalized spacial score (nSPS) is 10.5. The van der Waals surface area contributed by atoms with Gasteiger partial charge in [-0.15, -0.1) is 0 Å². The Labute approximate surface area is 102 Å². The number of fused-ring (bicyclic) bond motifs is 1. The Bertz CT molecular complexity index is 585. The summed E-state index contributed by atoms with van der Waals surface area (Å²) in [5.74, 6) is -0.292. The lowest BCUT2D eigenvalue weighted by Gasteiger charge is -2.06. The fourth-order valence-electron chi connectivity index (χ4n) is 1.63. The van der Waals surface area contributed by atoms with Crippen LogP contribution in [0.2, 0.25) is 0 Å². The van der Waals surface area contributed by atoms with Gasteiger partial charge < -0.3 is 25.1 Å². The van der Waals surface area contributed by atoms with Crippen LogP contribution in [-0.4, -0.2) is 32.7 Å². The molecular weight excluding hydrogens is 238 g/mol. The zero-order chi connectivity index (χ0) is 13.1. The van der Waals surface area contributed by atoms with Gasteiger partial charge in [0.15, 0.2) is 5.65 Å². The van der Waals surface area contributed by atoms with Crippen LogP contribution in [0.3, 0.4) is 0 Å². The highest BCUT2D eigenvalue weighted by molar-refractivity contribution is 5.94. The Morgan fingerprint density at radius 3 is 2.94 bits per heavy atom. The van der Waals surface area contributed by atoms with E-state index in [-0.39, 0.29) is 18.9 Å². The molecule has 2 aromatic heterocycles. The number of hydrogen-bond donors (Lipinski definition) is 2. The van der Waals surface area contributed by atoms with Crippen LogP contribution in [-0.2, 0) is 11.8 Å². The molecule has 96 valence electrons. The van der Waals surface area contributed by atoms with Crippen LogP contribution < -0.4 is 15.7 Å². The second-order valence-electron chi connectivity index (χ2n) is 3.75. The first-order chi connectivity index (χ1) is 8.58. The number of amides is 2. The van der Waals surface area contributed by atoms with E-state index in [0.29, 0.717) is 5.69 Å². The fraction of sp³-hybridized carbons (Fsp3) is 0.300. The zero-order valence-electron chi connectivity index (χ0n) is 9.71. The van der Waals surface area contributed by atoms with Gasteiger partial charge in [-0.1, -0.05) is 0 Å². The lowest BCUT2D eigenvalue weighted by molar-refractivity contribution is -0.250. The topological polar surface area (TPSA) is 103 Å². The van der Waals surface area contributed by atoms with E-state index in [0.717, 1.165) is 5.65 Å². The number of hydrogen-bond acceptors (Lipinski definition) is 4. The predicted octanol–water partition coefficient (Wildman–Crippen LogP) is -1.07. The highest BCUT2D eigenvalue weighted by Crippen LogP contribution is 2.16. The molecule has 8 nitrogen and oxygen atoms in total. The van der Waals surface area contributed by atoms with Crippen molar-refractivity contribution in [3.05, 3.63) is 18.6 Å². The van der Waals surface area contributed by atoms with Crippen LogP contribution in [0.4, 0.5) is 10.5 Å². The van der Waals surface area contributed by atoms with Gasteiger partial charge in [0.2, 0.25) is 5.91 Å². The maximum Gasteiger partial charge on any atom is 0.226 e. The summed E-state index contributed by atoms with van der Waals surface area (Å²) in [7, 11) is 1.84. The minimum Gasteiger partial charge on any atom is -0.530 e. The van der Waals surface area contributed by atoms with Crippen LogP contribution in [0.25, 0.3) is 5.65 Å². The van der Waals surface area contributed by atoms with Gasteiger partial charge in [0.05, 0.1) is 6.20 Å². The molecule has 0 saturated carbocycles. The summed E-state index contributed by atoms with van der Waals surface area (Å²) >= 11 is 0. The minimum absolute atomic E-state index is 0.0196. The molecule has 0 aliphatic rings. The van der Waals surface area contributed by atoms with Crippen molar-refractivity contribution in [1.29, 1.82) is 0 Å². The van der Waals surface area contributed by atoms with E-state index in [1.54, 1.807) is 16.9 Å². The van der Waals surface area contributed by atoms with Crippen LogP contribution in [0, 0.1) is 0 Å². The van der Waals surface area contributed by atoms with E-state index in [4.69, 9.17) is 0 Å². The standard InChI is InChI=1S/C10H13N5O3/c1-14-4-5-15-9(14)7(6-12-15)13-8(16)2-3-11-10(17)18/h4-6,11H,2-3H2,1H3,(H,13,16)(H,17,18)/p-1. The summed E-state index contributed by atoms with van der Waals surface area (Å²) < 4.78 is 3.46. The molecule has 0 fully saturated rings. The number of carbonyl (C=O) groups excluding carboxylic acids is 2. The summed E-state index contributed by atoms with van der Waals surface area (Å²) in [5.41, 5.74) is 1.34. The first kappa shape index (κ1) is 12.0. The van der Waals surface area contributed by atoms with Crippen LogP contribution in [0.1, 0.15) is 6.42 Å². The summed E-state index contributed by atoms with van der Waals surface area (Å²) in [5, 5.41) is 18.9. The molecule has 2 amide bonds. The molecule has 0 aliphatic carbocycles. The molecule has 0 radical (unpaired) electrons. The lowest BCUT2D eigenvalue weighted by atomic mass is 10.4. The molecule has 8 heteroatoms. The Kier molecular flexibility index (Phi) is 3.18. The second-order valence-corrected chi connectivity index (χ2v) is 3.75. The first-order valence-corrected chi connectivity index (χ1v) is 5.31. The van der Waals surface area contributed by atoms with E-state index >= 15 is 0 Å². The maximum absolute atomic E-state index is 11.6. The Balaban J connectivity index is 1.98. The number of nitrogens with one attached hydrogen (secondary N) is 2. The SMILES string of the molecule is Cn1ccn2ncc(NC(=O)CCNC(=O)[O-])c12. The van der Waals surface area contributed by atoms with E-state index in [1.807, 2.05) is 23.1 Å². The monoisotopic (exact) mass is 250 g/mol. The molecule has 0 spiro atoms. The smallest absolute Gasteiger partial charge is 0.226 e. The molecule has 2 rings (SSSR count). The number of anilines is 1. The van der Waals surface area contributed by atoms with Gasteiger partial charge in [0, 0.05) is 32.4 Å². The molecule has 0 saturated heterocycles. The van der Waals surface area contributed by atoms with E-state index in [1.165, 1.54) is 0 Å². The molecule has 0 unspecified atom stereocenters. The van der Waals surface area contributed by atoms with Crippen molar-refractivity contribution in [1.82, 2.24) is 19.5 Å². The highest BCUT2D eigenvalue weighted by Gasteiger charge is 2.10. The van der Waals surface area contributed by atoms with Crippen LogP contribution >= 0.6 is 0 Å². The van der Waals surface area contributed by atoms with Crippen molar-refractivity contribution in [2.45, 2.75) is 6.42 Å². The number of rotatable bonds is 4. The van der Waals surface area contributed by atoms with Gasteiger partial charge >= 0.3 is 0 Å². The molecule has 0 aliphatic heterocycles. The molecule has 2 aromatic rings. The van der Waals surface area contributed by atoms with Gasteiger partial charge in [-0.05, 0) is 0 Å². The maximum atomic E-state index is 11.6. The molecular formula is C10H12N5O3-. The molecule has 18 heavy (non-hydrogen) atoms. The van der Waals surface area contributed by atoms with Crippen molar-refractivity contribution in [2.75, 3.05) is 11.9 Å². The number of carbonyl (C=O) groups is 2. The average molecular weight is 250 g/mol. The number of aryl methyl sites for hydroxylation is 1. The van der Waals surface area contributed by atoms with Crippen molar-refractivity contribution < 1.29 is 14.7 Å². The van der Waals surface area contributed by atoms with Crippen molar-refractivity contribution in [2.24, 2.45) is 7.05 Å². The van der Waals surface area contributed by atoms with Gasteiger partial charge in [0.25, 0.3) is 0 Å². The highest BCUT2D eigenvalue weighted by atomic mass is 16.4. The Hall–Kier alpha value is -2.51. The molecule has 0 bridgehead atoms. The number of imidazole rings is 1. The molecule has 2 heterocycles. The van der Waals surface area contributed by atoms with Gasteiger partial charge in [-0.3, -0.25) is 4.79 Å². The van der Waals surface area contributed by atoms with E-state index < -0.39 is 6.09 Å². The van der Waals surface area contributed by atoms with E-state index in [2.05, 4.69) is 10.4 Å². The molecule has 0 atom stereocenters. The number of aromatic nitrogens is 3. The average Bonchev–Trinajstić information content (AvgIpc) is 2.83. The number of nitrogens with zero attached hydrogens (tertiary/aromatic N) is 3. The summed E-state index contributed by atoms with van der Waals surface area (Å²) in [6.45, 7) is 0.0196. The van der Waals surface area contributed by atoms with Gasteiger partial charge in [0.1, 0.15) is 11.8 Å². The number of carboxylic acid groups (broad SMARTS) is 1. The van der Waals surface area contributed by atoms with Crippen molar-refractivity contribution in [3.8, 4) is 0 Å². The third-order valence-corrected chi connectivity index (χ3v) is 2.43. The summed E-state index contributed by atoms with van der Waals surface area (Å²) in [6, 6.07) is 0. The minimum atomic E-state index is -1.39. The van der Waals surface area contributed by atoms with Gasteiger partial charge in [-0.25, -0.2) is 4.52 Å². The largest absolute Gasteiger partial charge is 0.530 e.